The molecule has 0 aromatic heterocycles. The standard InChI is InChI=1S/C17H26FNO/c1-16(20,12-14-7-6-8-15(18)11-14)17(13-19)9-4-2-3-5-10-17/h6-8,11,20H,2-5,9-10,12-13,19H2,1H3. The molecule has 1 aromatic carbocycles. The summed E-state index contributed by atoms with van der Waals surface area (Å²) in [5.74, 6) is -0.249. The van der Waals surface area contributed by atoms with E-state index in [9.17, 15) is 9.50 Å². The van der Waals surface area contributed by atoms with Crippen LogP contribution in [0.4, 0.5) is 4.39 Å². The van der Waals surface area contributed by atoms with Crippen molar-refractivity contribution in [3.8, 4) is 0 Å². The maximum absolute atomic E-state index is 13.3. The highest BCUT2D eigenvalue weighted by Gasteiger charge is 2.45. The van der Waals surface area contributed by atoms with Crippen LogP contribution in [0.25, 0.3) is 0 Å². The van der Waals surface area contributed by atoms with Gasteiger partial charge in [0.2, 0.25) is 0 Å². The van der Waals surface area contributed by atoms with Gasteiger partial charge in [-0.15, -0.1) is 0 Å². The Morgan fingerprint density at radius 2 is 1.90 bits per heavy atom. The molecule has 0 aliphatic heterocycles. The molecule has 0 radical (unpaired) electrons. The Kier molecular flexibility index (Phi) is 4.82. The van der Waals surface area contributed by atoms with Crippen LogP contribution in [0, 0.1) is 11.2 Å². The molecule has 3 heteroatoms. The third-order valence-corrected chi connectivity index (χ3v) is 5.03. The molecule has 0 amide bonds. The van der Waals surface area contributed by atoms with E-state index >= 15 is 0 Å². The minimum Gasteiger partial charge on any atom is -0.389 e. The van der Waals surface area contributed by atoms with Gasteiger partial charge in [-0.2, -0.15) is 0 Å². The zero-order valence-corrected chi connectivity index (χ0v) is 12.4. The Hall–Kier alpha value is -0.930. The van der Waals surface area contributed by atoms with E-state index in [1.54, 1.807) is 6.07 Å². The highest BCUT2D eigenvalue weighted by molar-refractivity contribution is 5.19. The SMILES string of the molecule is CC(O)(Cc1cccc(F)c1)C1(CN)CCCCCC1. The quantitative estimate of drug-likeness (QED) is 0.830. The second-order valence-corrected chi connectivity index (χ2v) is 6.48. The van der Waals surface area contributed by atoms with Crippen LogP contribution in [0.1, 0.15) is 51.0 Å². The Morgan fingerprint density at radius 3 is 2.45 bits per heavy atom. The Bertz CT molecular complexity index is 436. The van der Waals surface area contributed by atoms with Crippen LogP contribution in [0.2, 0.25) is 0 Å². The van der Waals surface area contributed by atoms with E-state index < -0.39 is 5.60 Å². The van der Waals surface area contributed by atoms with E-state index in [0.717, 1.165) is 31.2 Å². The topological polar surface area (TPSA) is 46.2 Å². The molecular formula is C17H26FNO. The van der Waals surface area contributed by atoms with Gasteiger partial charge in [0.25, 0.3) is 0 Å². The molecule has 3 N–H and O–H groups in total. The molecule has 1 fully saturated rings. The molecule has 112 valence electrons. The third kappa shape index (κ3) is 3.21. The molecule has 0 heterocycles. The van der Waals surface area contributed by atoms with Crippen molar-refractivity contribution in [3.63, 3.8) is 0 Å². The molecule has 1 saturated carbocycles. The highest BCUT2D eigenvalue weighted by Crippen LogP contribution is 2.44. The van der Waals surface area contributed by atoms with Crippen molar-refractivity contribution in [2.45, 2.75) is 57.5 Å². The van der Waals surface area contributed by atoms with Gasteiger partial charge in [0, 0.05) is 18.4 Å². The highest BCUT2D eigenvalue weighted by atomic mass is 19.1. The zero-order valence-electron chi connectivity index (χ0n) is 12.4. The van der Waals surface area contributed by atoms with E-state index in [1.165, 1.54) is 25.0 Å². The van der Waals surface area contributed by atoms with Crippen LogP contribution >= 0.6 is 0 Å². The van der Waals surface area contributed by atoms with Crippen LogP contribution in [0.5, 0.6) is 0 Å². The first-order valence-electron chi connectivity index (χ1n) is 7.66. The van der Waals surface area contributed by atoms with Gasteiger partial charge in [-0.3, -0.25) is 0 Å². The lowest BCUT2D eigenvalue weighted by atomic mass is 9.65. The summed E-state index contributed by atoms with van der Waals surface area (Å²) >= 11 is 0. The summed E-state index contributed by atoms with van der Waals surface area (Å²) in [5, 5.41) is 11.1. The van der Waals surface area contributed by atoms with Crippen molar-refractivity contribution in [1.82, 2.24) is 0 Å². The normalized spacial score (nSPS) is 22.0. The largest absolute Gasteiger partial charge is 0.389 e. The van der Waals surface area contributed by atoms with Gasteiger partial charge >= 0.3 is 0 Å². The van der Waals surface area contributed by atoms with Crippen LogP contribution in [-0.4, -0.2) is 17.3 Å². The fourth-order valence-corrected chi connectivity index (χ4v) is 3.60. The van der Waals surface area contributed by atoms with Crippen LogP contribution in [0.3, 0.4) is 0 Å². The Morgan fingerprint density at radius 1 is 1.25 bits per heavy atom. The van der Waals surface area contributed by atoms with Crippen LogP contribution in [-0.2, 0) is 6.42 Å². The predicted molar refractivity (Wildman–Crippen MR) is 79.9 cm³/mol. The van der Waals surface area contributed by atoms with Crippen molar-refractivity contribution >= 4 is 0 Å². The third-order valence-electron chi connectivity index (χ3n) is 5.03. The number of rotatable bonds is 4. The molecule has 1 unspecified atom stereocenters. The number of nitrogens with two attached hydrogens (primary N) is 1. The minimum atomic E-state index is -0.889. The second kappa shape index (κ2) is 6.23. The average Bonchev–Trinajstić information content (AvgIpc) is 2.64. The smallest absolute Gasteiger partial charge is 0.123 e. The summed E-state index contributed by atoms with van der Waals surface area (Å²) in [6, 6.07) is 6.51. The van der Waals surface area contributed by atoms with E-state index in [4.69, 9.17) is 5.73 Å². The van der Waals surface area contributed by atoms with Crippen molar-refractivity contribution < 1.29 is 9.50 Å². The summed E-state index contributed by atoms with van der Waals surface area (Å²) in [7, 11) is 0. The molecule has 2 rings (SSSR count). The average molecular weight is 279 g/mol. The van der Waals surface area contributed by atoms with E-state index in [-0.39, 0.29) is 11.2 Å². The van der Waals surface area contributed by atoms with Gasteiger partial charge in [0.15, 0.2) is 0 Å². The lowest BCUT2D eigenvalue weighted by Crippen LogP contribution is -2.52. The molecule has 1 atom stereocenters. The van der Waals surface area contributed by atoms with Gasteiger partial charge in [-0.25, -0.2) is 4.39 Å². The Labute approximate surface area is 121 Å². The first-order chi connectivity index (χ1) is 9.49. The van der Waals surface area contributed by atoms with Crippen LogP contribution < -0.4 is 5.73 Å². The lowest BCUT2D eigenvalue weighted by molar-refractivity contribution is -0.0745. The number of halogens is 1. The van der Waals surface area contributed by atoms with Gasteiger partial charge < -0.3 is 10.8 Å². The van der Waals surface area contributed by atoms with Crippen molar-refractivity contribution in [1.29, 1.82) is 0 Å². The summed E-state index contributed by atoms with van der Waals surface area (Å²) in [5.41, 5.74) is 5.75. The predicted octanol–water partition coefficient (Wildman–Crippen LogP) is 3.42. The van der Waals surface area contributed by atoms with Gasteiger partial charge in [-0.1, -0.05) is 37.8 Å². The zero-order chi connectivity index (χ0) is 14.6. The first kappa shape index (κ1) is 15.5. The summed E-state index contributed by atoms with van der Waals surface area (Å²) in [6.45, 7) is 2.37. The molecular weight excluding hydrogens is 253 g/mol. The Balaban J connectivity index is 2.21. The van der Waals surface area contributed by atoms with Gasteiger partial charge in [-0.05, 0) is 37.5 Å². The lowest BCUT2D eigenvalue weighted by Gasteiger charge is -2.45. The fraction of sp³-hybridized carbons (Fsp3) is 0.647. The number of aliphatic hydroxyl groups is 1. The number of hydrogen-bond donors (Lipinski definition) is 2. The molecule has 1 aromatic rings. The summed E-state index contributed by atoms with van der Waals surface area (Å²) in [4.78, 5) is 0. The number of benzene rings is 1. The number of hydrogen-bond acceptors (Lipinski definition) is 2. The van der Waals surface area contributed by atoms with Gasteiger partial charge in [0.05, 0.1) is 5.60 Å². The fourth-order valence-electron chi connectivity index (χ4n) is 3.60. The molecule has 0 spiro atoms. The maximum atomic E-state index is 13.3. The monoisotopic (exact) mass is 279 g/mol. The molecule has 20 heavy (non-hydrogen) atoms. The van der Waals surface area contributed by atoms with E-state index in [1.807, 2.05) is 13.0 Å². The molecule has 0 bridgehead atoms. The minimum absolute atomic E-state index is 0.240. The van der Waals surface area contributed by atoms with Crippen molar-refractivity contribution in [2.75, 3.05) is 6.54 Å². The van der Waals surface area contributed by atoms with E-state index in [0.29, 0.717) is 13.0 Å². The molecule has 1 aliphatic carbocycles. The van der Waals surface area contributed by atoms with Crippen molar-refractivity contribution in [3.05, 3.63) is 35.6 Å². The van der Waals surface area contributed by atoms with Crippen LogP contribution in [0.15, 0.2) is 24.3 Å². The summed E-state index contributed by atoms with van der Waals surface area (Å²) in [6.07, 6.45) is 7.07. The maximum Gasteiger partial charge on any atom is 0.123 e. The van der Waals surface area contributed by atoms with E-state index in [2.05, 4.69) is 0 Å². The van der Waals surface area contributed by atoms with Crippen molar-refractivity contribution in [2.24, 2.45) is 11.1 Å². The first-order valence-corrected chi connectivity index (χ1v) is 7.66. The summed E-state index contributed by atoms with van der Waals surface area (Å²) < 4.78 is 13.3. The second-order valence-electron chi connectivity index (χ2n) is 6.48. The van der Waals surface area contributed by atoms with Gasteiger partial charge in [0.1, 0.15) is 5.82 Å². The molecule has 0 saturated heterocycles. The molecule has 2 nitrogen and oxygen atoms in total. The molecule has 1 aliphatic rings.